The minimum atomic E-state index is 0.602. The monoisotopic (exact) mass is 266 g/mol. The highest BCUT2D eigenvalue weighted by atomic mass is 35.5. The average Bonchev–Trinajstić information content (AvgIpc) is 2.37. The summed E-state index contributed by atoms with van der Waals surface area (Å²) in [4.78, 5) is 0. The molecule has 0 atom stereocenters. The zero-order chi connectivity index (χ0) is 13.8. The van der Waals surface area contributed by atoms with Crippen molar-refractivity contribution in [2.24, 2.45) is 0 Å². The minimum absolute atomic E-state index is 0.602. The lowest BCUT2D eigenvalue weighted by Crippen LogP contribution is -1.89. The van der Waals surface area contributed by atoms with Gasteiger partial charge >= 0.3 is 0 Å². The molecule has 0 aromatic carbocycles. The van der Waals surface area contributed by atoms with Gasteiger partial charge in [-0.05, 0) is 44.9 Å². The summed E-state index contributed by atoms with van der Waals surface area (Å²) in [5, 5.41) is 0.774. The predicted molar refractivity (Wildman–Crippen MR) is 81.6 cm³/mol. The van der Waals surface area contributed by atoms with Crippen LogP contribution in [0.5, 0.6) is 0 Å². The van der Waals surface area contributed by atoms with Crippen molar-refractivity contribution in [2.75, 3.05) is 6.61 Å². The zero-order valence-electron chi connectivity index (χ0n) is 11.7. The molecule has 0 aromatic heterocycles. The third-order valence-corrected chi connectivity index (χ3v) is 2.74. The molecule has 0 fully saturated rings. The first kappa shape index (κ1) is 16.8. The Labute approximate surface area is 116 Å². The van der Waals surface area contributed by atoms with Crippen molar-refractivity contribution in [3.8, 4) is 0 Å². The Kier molecular flexibility index (Phi) is 10.2. The Morgan fingerprint density at radius 1 is 1.28 bits per heavy atom. The number of ether oxygens (including phenoxy) is 1. The van der Waals surface area contributed by atoms with Gasteiger partial charge in [0.2, 0.25) is 0 Å². The van der Waals surface area contributed by atoms with Crippen LogP contribution in [0.3, 0.4) is 0 Å². The number of hydrogen-bond acceptors (Lipinski definition) is 1. The minimum Gasteiger partial charge on any atom is -0.490 e. The van der Waals surface area contributed by atoms with E-state index in [4.69, 9.17) is 16.3 Å². The van der Waals surface area contributed by atoms with E-state index in [1.807, 2.05) is 57.2 Å². The molecule has 0 aliphatic carbocycles. The summed E-state index contributed by atoms with van der Waals surface area (Å²) in [5.41, 5.74) is 1.04. The van der Waals surface area contributed by atoms with Crippen molar-refractivity contribution in [3.05, 3.63) is 58.9 Å². The molecule has 100 valence electrons. The molecule has 2 heteroatoms. The van der Waals surface area contributed by atoms with E-state index in [0.717, 1.165) is 22.8 Å². The fourth-order valence-corrected chi connectivity index (χ4v) is 1.27. The SMILES string of the molecule is C/C=C/COC(=C\CC)/C=C/C=C(C)\C(Cl)=C/C. The van der Waals surface area contributed by atoms with Crippen LogP contribution in [0.25, 0.3) is 0 Å². The van der Waals surface area contributed by atoms with Gasteiger partial charge in [-0.1, -0.05) is 48.9 Å². The number of rotatable bonds is 7. The molecule has 0 rings (SSSR count). The Balaban J connectivity index is 4.55. The van der Waals surface area contributed by atoms with Gasteiger partial charge in [-0.15, -0.1) is 0 Å². The van der Waals surface area contributed by atoms with Crippen molar-refractivity contribution >= 4 is 11.6 Å². The van der Waals surface area contributed by atoms with Gasteiger partial charge in [0.1, 0.15) is 12.4 Å². The molecular weight excluding hydrogens is 244 g/mol. The summed E-state index contributed by atoms with van der Waals surface area (Å²) in [6, 6.07) is 0. The zero-order valence-corrected chi connectivity index (χ0v) is 12.5. The molecule has 0 N–H and O–H groups in total. The topological polar surface area (TPSA) is 9.23 Å². The third kappa shape index (κ3) is 7.97. The van der Waals surface area contributed by atoms with Crippen LogP contribution in [0.4, 0.5) is 0 Å². The van der Waals surface area contributed by atoms with Gasteiger partial charge in [0.15, 0.2) is 0 Å². The molecule has 0 aromatic rings. The lowest BCUT2D eigenvalue weighted by molar-refractivity contribution is 0.260. The van der Waals surface area contributed by atoms with Crippen LogP contribution in [-0.4, -0.2) is 6.61 Å². The molecule has 0 unspecified atom stereocenters. The van der Waals surface area contributed by atoms with Gasteiger partial charge in [-0.2, -0.15) is 0 Å². The van der Waals surface area contributed by atoms with E-state index in [2.05, 4.69) is 13.0 Å². The van der Waals surface area contributed by atoms with Crippen LogP contribution in [0.2, 0.25) is 0 Å². The number of hydrogen-bond donors (Lipinski definition) is 0. The largest absolute Gasteiger partial charge is 0.490 e. The second-order valence-electron chi connectivity index (χ2n) is 3.74. The molecule has 0 aliphatic heterocycles. The molecule has 0 bridgehead atoms. The van der Waals surface area contributed by atoms with Crippen LogP contribution in [0, 0.1) is 0 Å². The Bertz CT molecular complexity index is 371. The van der Waals surface area contributed by atoms with Crippen LogP contribution < -0.4 is 0 Å². The van der Waals surface area contributed by atoms with E-state index in [1.165, 1.54) is 0 Å². The maximum atomic E-state index is 6.00. The summed E-state index contributed by atoms with van der Waals surface area (Å²) in [7, 11) is 0. The van der Waals surface area contributed by atoms with Crippen LogP contribution in [0.1, 0.15) is 34.1 Å². The first-order chi connectivity index (χ1) is 8.65. The number of allylic oxidation sites excluding steroid dienone is 8. The van der Waals surface area contributed by atoms with Crippen molar-refractivity contribution < 1.29 is 4.74 Å². The highest BCUT2D eigenvalue weighted by molar-refractivity contribution is 6.31. The van der Waals surface area contributed by atoms with E-state index >= 15 is 0 Å². The highest BCUT2D eigenvalue weighted by Gasteiger charge is 1.92. The first-order valence-electron chi connectivity index (χ1n) is 6.26. The summed E-state index contributed by atoms with van der Waals surface area (Å²) < 4.78 is 5.60. The van der Waals surface area contributed by atoms with Crippen LogP contribution in [0.15, 0.2) is 58.9 Å². The normalized spacial score (nSPS) is 14.8. The maximum Gasteiger partial charge on any atom is 0.115 e. The van der Waals surface area contributed by atoms with Gasteiger partial charge in [0.05, 0.1) is 0 Å². The Morgan fingerprint density at radius 2 is 2.00 bits per heavy atom. The third-order valence-electron chi connectivity index (χ3n) is 2.22. The highest BCUT2D eigenvalue weighted by Crippen LogP contribution is 2.13. The Morgan fingerprint density at radius 3 is 2.56 bits per heavy atom. The standard InChI is InChI=1S/C16H23ClO/c1-5-8-13-18-15(10-6-2)12-9-11-14(4)16(17)7-3/h5,7-12H,6,13H2,1-4H3/b8-5+,12-9+,14-11-,15-10-,16-7+. The molecule has 0 saturated heterocycles. The lowest BCUT2D eigenvalue weighted by atomic mass is 10.2. The second kappa shape index (κ2) is 10.9. The Hall–Kier alpha value is -1.21. The smallest absolute Gasteiger partial charge is 0.115 e. The van der Waals surface area contributed by atoms with Crippen LogP contribution >= 0.6 is 11.6 Å². The van der Waals surface area contributed by atoms with Crippen molar-refractivity contribution in [1.29, 1.82) is 0 Å². The summed E-state index contributed by atoms with van der Waals surface area (Å²) in [6.07, 6.45) is 14.7. The van der Waals surface area contributed by atoms with E-state index < -0.39 is 0 Å². The van der Waals surface area contributed by atoms with Crippen molar-refractivity contribution in [1.82, 2.24) is 0 Å². The van der Waals surface area contributed by atoms with Crippen molar-refractivity contribution in [3.63, 3.8) is 0 Å². The molecule has 0 heterocycles. The van der Waals surface area contributed by atoms with Crippen LogP contribution in [-0.2, 0) is 4.74 Å². The molecule has 0 aliphatic rings. The molecule has 0 radical (unpaired) electrons. The molecule has 18 heavy (non-hydrogen) atoms. The summed E-state index contributed by atoms with van der Waals surface area (Å²) >= 11 is 6.00. The summed E-state index contributed by atoms with van der Waals surface area (Å²) in [5.74, 6) is 0.885. The molecule has 0 spiro atoms. The second-order valence-corrected chi connectivity index (χ2v) is 4.15. The van der Waals surface area contributed by atoms with Crippen molar-refractivity contribution in [2.45, 2.75) is 34.1 Å². The molecular formula is C16H23ClO. The summed E-state index contributed by atoms with van der Waals surface area (Å²) in [6.45, 7) is 8.58. The van der Waals surface area contributed by atoms with E-state index in [1.54, 1.807) is 0 Å². The molecule has 0 amide bonds. The maximum absolute atomic E-state index is 6.00. The predicted octanol–water partition coefficient (Wildman–Crippen LogP) is 5.52. The number of halogens is 1. The average molecular weight is 267 g/mol. The van der Waals surface area contributed by atoms with Gasteiger partial charge in [0.25, 0.3) is 0 Å². The molecule has 0 saturated carbocycles. The van der Waals surface area contributed by atoms with E-state index in [-0.39, 0.29) is 0 Å². The quantitative estimate of drug-likeness (QED) is 0.335. The molecule has 1 nitrogen and oxygen atoms in total. The van der Waals surface area contributed by atoms with Gasteiger partial charge in [-0.25, -0.2) is 0 Å². The fourth-order valence-electron chi connectivity index (χ4n) is 1.21. The first-order valence-corrected chi connectivity index (χ1v) is 6.64. The van der Waals surface area contributed by atoms with Gasteiger partial charge in [0, 0.05) is 5.03 Å². The lowest BCUT2D eigenvalue weighted by Gasteiger charge is -2.03. The van der Waals surface area contributed by atoms with E-state index in [9.17, 15) is 0 Å². The van der Waals surface area contributed by atoms with E-state index in [0.29, 0.717) is 6.61 Å². The van der Waals surface area contributed by atoms with Gasteiger partial charge < -0.3 is 4.74 Å². The van der Waals surface area contributed by atoms with Gasteiger partial charge in [-0.3, -0.25) is 0 Å². The fraction of sp³-hybridized carbons (Fsp3) is 0.375.